The van der Waals surface area contributed by atoms with Crippen LogP contribution >= 0.6 is 0 Å². The van der Waals surface area contributed by atoms with Gasteiger partial charge in [0.15, 0.2) is 5.65 Å². The van der Waals surface area contributed by atoms with Crippen molar-refractivity contribution in [1.29, 1.82) is 0 Å². The molecule has 174 valence electrons. The highest BCUT2D eigenvalue weighted by Crippen LogP contribution is 2.32. The zero-order valence-corrected chi connectivity index (χ0v) is 19.2. The number of carbonyl (C=O) groups excluding carboxylic acids is 1. The number of aromatic nitrogens is 4. The van der Waals surface area contributed by atoms with Crippen LogP contribution in [0, 0.1) is 11.8 Å². The fraction of sp³-hybridized carbons (Fsp3) is 0.360. The Labute approximate surface area is 197 Å². The lowest BCUT2D eigenvalue weighted by molar-refractivity contribution is -0.125. The molecule has 0 bridgehead atoms. The average Bonchev–Trinajstić information content (AvgIpc) is 3.40. The van der Waals surface area contributed by atoms with E-state index in [0.29, 0.717) is 42.0 Å². The summed E-state index contributed by atoms with van der Waals surface area (Å²) < 4.78 is 12.6. The van der Waals surface area contributed by atoms with Gasteiger partial charge in [-0.05, 0) is 43.4 Å². The largest absolute Gasteiger partial charge is 0.497 e. The molecule has 1 saturated carbocycles. The molecule has 1 amide bonds. The number of rotatable bonds is 6. The van der Waals surface area contributed by atoms with Crippen molar-refractivity contribution < 1.29 is 14.3 Å². The molecule has 3 aromatic rings. The van der Waals surface area contributed by atoms with Crippen LogP contribution in [-0.2, 0) is 4.79 Å². The number of carbonyl (C=O) groups is 1. The summed E-state index contributed by atoms with van der Waals surface area (Å²) in [5.41, 5.74) is 2.05. The Kier molecular flexibility index (Phi) is 5.80. The first-order valence-electron chi connectivity index (χ1n) is 11.3. The van der Waals surface area contributed by atoms with Crippen molar-refractivity contribution in [1.82, 2.24) is 24.6 Å². The predicted molar refractivity (Wildman–Crippen MR) is 128 cm³/mol. The molecule has 5 rings (SSSR count). The highest BCUT2D eigenvalue weighted by atomic mass is 16.5. The van der Waals surface area contributed by atoms with Crippen molar-refractivity contribution >= 4 is 22.8 Å². The maximum atomic E-state index is 12.1. The van der Waals surface area contributed by atoms with Crippen molar-refractivity contribution in [3.8, 4) is 23.3 Å². The van der Waals surface area contributed by atoms with E-state index in [2.05, 4.69) is 33.7 Å². The van der Waals surface area contributed by atoms with Gasteiger partial charge in [0, 0.05) is 30.8 Å². The van der Waals surface area contributed by atoms with Crippen LogP contribution in [0.1, 0.15) is 36.6 Å². The molecule has 1 saturated heterocycles. The third-order valence-electron chi connectivity index (χ3n) is 6.08. The van der Waals surface area contributed by atoms with E-state index in [0.717, 1.165) is 36.0 Å². The first kappa shape index (κ1) is 21.8. The van der Waals surface area contributed by atoms with E-state index in [1.807, 2.05) is 16.8 Å². The number of ether oxygens (including phenoxy) is 2. The number of amides is 1. The lowest BCUT2D eigenvalue weighted by Crippen LogP contribution is -2.27. The molecule has 2 aliphatic rings. The first-order chi connectivity index (χ1) is 16.6. The summed E-state index contributed by atoms with van der Waals surface area (Å²) in [5, 5.41) is 9.13. The van der Waals surface area contributed by atoms with Crippen LogP contribution in [0.3, 0.4) is 0 Å². The third kappa shape index (κ3) is 4.27. The SMILES string of the molecule is C=CC(=O)N1CC[C@H](n2nc(C#Cc3cc(OC)cc(OC)c3)c3c(NC4CC4)ncnc32)C1. The molecule has 0 unspecified atom stereocenters. The normalized spacial score (nSPS) is 17.2. The number of fused-ring (bicyclic) bond motifs is 1. The second-order valence-corrected chi connectivity index (χ2v) is 8.41. The number of benzene rings is 1. The van der Waals surface area contributed by atoms with Crippen LogP contribution in [-0.4, -0.2) is 63.9 Å². The summed E-state index contributed by atoms with van der Waals surface area (Å²) in [6.07, 6.45) is 5.92. The van der Waals surface area contributed by atoms with Gasteiger partial charge in [-0.25, -0.2) is 14.6 Å². The van der Waals surface area contributed by atoms with Gasteiger partial charge in [-0.3, -0.25) is 4.79 Å². The van der Waals surface area contributed by atoms with E-state index >= 15 is 0 Å². The van der Waals surface area contributed by atoms with Crippen molar-refractivity contribution in [2.45, 2.75) is 31.3 Å². The minimum Gasteiger partial charge on any atom is -0.497 e. The Hall–Kier alpha value is -4.06. The standard InChI is InChI=1S/C25H26N6O3/c1-4-22(32)30-10-9-18(14-30)31-25-23(24(26-15-27-25)28-17-6-7-17)21(29-31)8-5-16-11-19(33-2)13-20(12-16)34-3/h4,11-13,15,17-18H,1,6-7,9-10,14H2,2-3H3,(H,26,27,28)/t18-/m0/s1. The van der Waals surface area contributed by atoms with E-state index in [1.165, 1.54) is 6.08 Å². The molecule has 1 aliphatic heterocycles. The maximum absolute atomic E-state index is 12.1. The number of hydrogen-bond donors (Lipinski definition) is 1. The van der Waals surface area contributed by atoms with Gasteiger partial charge in [-0.15, -0.1) is 0 Å². The van der Waals surface area contributed by atoms with E-state index in [9.17, 15) is 4.79 Å². The Balaban J connectivity index is 1.57. The van der Waals surface area contributed by atoms with Gasteiger partial charge >= 0.3 is 0 Å². The fourth-order valence-corrected chi connectivity index (χ4v) is 4.13. The van der Waals surface area contributed by atoms with Crippen molar-refractivity contribution in [3.05, 3.63) is 48.4 Å². The quantitative estimate of drug-likeness (QED) is 0.448. The molecule has 0 radical (unpaired) electrons. The van der Waals surface area contributed by atoms with Gasteiger partial charge in [-0.2, -0.15) is 5.10 Å². The minimum atomic E-state index is -0.0725. The molecular weight excluding hydrogens is 432 g/mol. The van der Waals surface area contributed by atoms with Crippen LogP contribution in [0.5, 0.6) is 11.5 Å². The zero-order chi connectivity index (χ0) is 23.7. The molecular formula is C25H26N6O3. The zero-order valence-electron chi connectivity index (χ0n) is 19.2. The molecule has 9 nitrogen and oxygen atoms in total. The average molecular weight is 459 g/mol. The molecule has 1 N–H and O–H groups in total. The first-order valence-corrected chi connectivity index (χ1v) is 11.3. The lowest BCUT2D eigenvalue weighted by Gasteiger charge is -2.14. The Bertz CT molecular complexity index is 1300. The van der Waals surface area contributed by atoms with Gasteiger partial charge < -0.3 is 19.7 Å². The third-order valence-corrected chi connectivity index (χ3v) is 6.08. The summed E-state index contributed by atoms with van der Waals surface area (Å²) in [5.74, 6) is 8.40. The number of anilines is 1. The second kappa shape index (κ2) is 9.06. The summed E-state index contributed by atoms with van der Waals surface area (Å²) >= 11 is 0. The molecule has 3 heterocycles. The number of hydrogen-bond acceptors (Lipinski definition) is 7. The van der Waals surface area contributed by atoms with Crippen LogP contribution in [0.15, 0.2) is 37.2 Å². The molecule has 2 aromatic heterocycles. The van der Waals surface area contributed by atoms with E-state index in [-0.39, 0.29) is 11.9 Å². The van der Waals surface area contributed by atoms with E-state index < -0.39 is 0 Å². The molecule has 0 spiro atoms. The summed E-state index contributed by atoms with van der Waals surface area (Å²) in [4.78, 5) is 22.9. The molecule has 2 fully saturated rings. The van der Waals surface area contributed by atoms with Gasteiger partial charge in [0.2, 0.25) is 5.91 Å². The maximum Gasteiger partial charge on any atom is 0.246 e. The number of methoxy groups -OCH3 is 2. The summed E-state index contributed by atoms with van der Waals surface area (Å²) in [6, 6.07) is 5.92. The number of nitrogens with one attached hydrogen (secondary N) is 1. The molecule has 1 atom stereocenters. The molecule has 1 aromatic carbocycles. The lowest BCUT2D eigenvalue weighted by atomic mass is 10.2. The van der Waals surface area contributed by atoms with Gasteiger partial charge in [0.1, 0.15) is 29.3 Å². The van der Waals surface area contributed by atoms with Crippen LogP contribution in [0.4, 0.5) is 5.82 Å². The van der Waals surface area contributed by atoms with Crippen molar-refractivity contribution in [2.75, 3.05) is 32.6 Å². The van der Waals surface area contributed by atoms with Crippen LogP contribution in [0.25, 0.3) is 11.0 Å². The molecule has 9 heteroatoms. The predicted octanol–water partition coefficient (Wildman–Crippen LogP) is 2.78. The van der Waals surface area contributed by atoms with Gasteiger partial charge in [-0.1, -0.05) is 12.5 Å². The second-order valence-electron chi connectivity index (χ2n) is 8.41. The number of nitrogens with zero attached hydrogens (tertiary/aromatic N) is 5. The number of likely N-dealkylation sites (tertiary alicyclic amines) is 1. The Morgan fingerprint density at radius 3 is 2.59 bits per heavy atom. The molecule has 1 aliphatic carbocycles. The van der Waals surface area contributed by atoms with Crippen molar-refractivity contribution in [3.63, 3.8) is 0 Å². The summed E-state index contributed by atoms with van der Waals surface area (Å²) in [6.45, 7) is 4.81. The monoisotopic (exact) mass is 458 g/mol. The van der Waals surface area contributed by atoms with Crippen LogP contribution in [0.2, 0.25) is 0 Å². The Morgan fingerprint density at radius 1 is 1.15 bits per heavy atom. The van der Waals surface area contributed by atoms with E-state index in [1.54, 1.807) is 31.5 Å². The topological polar surface area (TPSA) is 94.4 Å². The smallest absolute Gasteiger partial charge is 0.246 e. The van der Waals surface area contributed by atoms with Gasteiger partial charge in [0.05, 0.1) is 25.6 Å². The highest BCUT2D eigenvalue weighted by Gasteiger charge is 2.30. The Morgan fingerprint density at radius 2 is 1.91 bits per heavy atom. The summed E-state index contributed by atoms with van der Waals surface area (Å²) in [7, 11) is 3.21. The highest BCUT2D eigenvalue weighted by molar-refractivity contribution is 5.92. The minimum absolute atomic E-state index is 0.00235. The van der Waals surface area contributed by atoms with Crippen molar-refractivity contribution in [2.24, 2.45) is 0 Å². The molecule has 34 heavy (non-hydrogen) atoms. The van der Waals surface area contributed by atoms with E-state index in [4.69, 9.17) is 14.6 Å². The fourth-order valence-electron chi connectivity index (χ4n) is 4.13. The van der Waals surface area contributed by atoms with Gasteiger partial charge in [0.25, 0.3) is 0 Å². The van der Waals surface area contributed by atoms with Crippen LogP contribution < -0.4 is 14.8 Å².